The van der Waals surface area contributed by atoms with Crippen LogP contribution in [-0.2, 0) is 10.0 Å². The van der Waals surface area contributed by atoms with Crippen LogP contribution in [0.2, 0.25) is 5.02 Å². The van der Waals surface area contributed by atoms with Gasteiger partial charge in [0.15, 0.2) is 0 Å². The van der Waals surface area contributed by atoms with E-state index in [1.807, 2.05) is 0 Å². The Kier molecular flexibility index (Phi) is 4.76. The van der Waals surface area contributed by atoms with Crippen molar-refractivity contribution in [2.45, 2.75) is 11.8 Å². The highest BCUT2D eigenvalue weighted by Gasteiger charge is 2.21. The van der Waals surface area contributed by atoms with Gasteiger partial charge in [-0.25, -0.2) is 8.42 Å². The largest absolute Gasteiger partial charge is 0.366 e. The van der Waals surface area contributed by atoms with Gasteiger partial charge in [0.1, 0.15) is 0 Å². The molecule has 1 amide bonds. The SMILES string of the molecule is Cc1ccc(S(=O)(=O)Nc2cc(C(N)=O)ccc2Cl)cc1[N+](=O)[O-]. The van der Waals surface area contributed by atoms with Crippen molar-refractivity contribution in [3.05, 3.63) is 62.7 Å². The average molecular weight is 370 g/mol. The number of benzene rings is 2. The van der Waals surface area contributed by atoms with E-state index in [1.54, 1.807) is 0 Å². The first-order chi connectivity index (χ1) is 11.1. The lowest BCUT2D eigenvalue weighted by atomic mass is 10.2. The maximum atomic E-state index is 12.4. The summed E-state index contributed by atoms with van der Waals surface area (Å²) >= 11 is 5.91. The zero-order valence-corrected chi connectivity index (χ0v) is 13.9. The van der Waals surface area contributed by atoms with E-state index in [-0.39, 0.29) is 26.9 Å². The summed E-state index contributed by atoms with van der Waals surface area (Å²) in [5.41, 5.74) is 5.15. The van der Waals surface area contributed by atoms with Crippen LogP contribution in [0.5, 0.6) is 0 Å². The number of anilines is 1. The van der Waals surface area contributed by atoms with Gasteiger partial charge in [-0.2, -0.15) is 0 Å². The highest BCUT2D eigenvalue weighted by atomic mass is 35.5. The Morgan fingerprint density at radius 2 is 1.92 bits per heavy atom. The molecule has 0 aromatic heterocycles. The smallest absolute Gasteiger partial charge is 0.273 e. The van der Waals surface area contributed by atoms with Crippen LogP contribution in [0.1, 0.15) is 15.9 Å². The van der Waals surface area contributed by atoms with Crippen LogP contribution in [0, 0.1) is 17.0 Å². The third kappa shape index (κ3) is 3.63. The molecule has 8 nitrogen and oxygen atoms in total. The third-order valence-electron chi connectivity index (χ3n) is 3.18. The van der Waals surface area contributed by atoms with Crippen LogP contribution in [0.4, 0.5) is 11.4 Å². The Hall–Kier alpha value is -2.65. The molecule has 0 radical (unpaired) electrons. The Bertz CT molecular complexity index is 943. The molecule has 2 rings (SSSR count). The summed E-state index contributed by atoms with van der Waals surface area (Å²) in [6.07, 6.45) is 0. The molecular weight excluding hydrogens is 358 g/mol. The number of nitrogens with zero attached hydrogens (tertiary/aromatic N) is 1. The van der Waals surface area contributed by atoms with E-state index in [4.69, 9.17) is 17.3 Å². The summed E-state index contributed by atoms with van der Waals surface area (Å²) < 4.78 is 27.0. The van der Waals surface area contributed by atoms with E-state index in [2.05, 4.69) is 4.72 Å². The molecular formula is C14H12ClN3O5S. The zero-order valence-electron chi connectivity index (χ0n) is 12.3. The maximum Gasteiger partial charge on any atom is 0.273 e. The van der Waals surface area contributed by atoms with Gasteiger partial charge in [-0.15, -0.1) is 0 Å². The predicted octanol–water partition coefficient (Wildman–Crippen LogP) is 2.46. The number of carbonyl (C=O) groups is 1. The number of nitrogens with one attached hydrogen (secondary N) is 1. The number of nitro benzene ring substituents is 1. The monoisotopic (exact) mass is 369 g/mol. The fourth-order valence-corrected chi connectivity index (χ4v) is 3.22. The van der Waals surface area contributed by atoms with Crippen LogP contribution in [0.3, 0.4) is 0 Å². The number of primary amides is 1. The summed E-state index contributed by atoms with van der Waals surface area (Å²) in [6.45, 7) is 1.50. The van der Waals surface area contributed by atoms with Gasteiger partial charge in [-0.3, -0.25) is 19.6 Å². The molecule has 0 atom stereocenters. The molecule has 0 aliphatic rings. The van der Waals surface area contributed by atoms with Crippen molar-refractivity contribution in [1.82, 2.24) is 0 Å². The van der Waals surface area contributed by atoms with Crippen molar-refractivity contribution in [1.29, 1.82) is 0 Å². The molecule has 3 N–H and O–H groups in total. The van der Waals surface area contributed by atoms with Gasteiger partial charge in [0, 0.05) is 17.2 Å². The number of nitro groups is 1. The highest BCUT2D eigenvalue weighted by Crippen LogP contribution is 2.28. The number of aryl methyl sites for hydroxylation is 1. The molecule has 0 aliphatic carbocycles. The van der Waals surface area contributed by atoms with Gasteiger partial charge >= 0.3 is 0 Å². The lowest BCUT2D eigenvalue weighted by molar-refractivity contribution is -0.385. The summed E-state index contributed by atoms with van der Waals surface area (Å²) in [5.74, 6) is -0.752. The van der Waals surface area contributed by atoms with Gasteiger partial charge < -0.3 is 5.73 Å². The standard InChI is InChI=1S/C14H12ClN3O5S/c1-8-2-4-10(7-13(8)18(20)21)24(22,23)17-12-6-9(14(16)19)3-5-11(12)15/h2-7,17H,1H3,(H2,16,19). The second-order valence-electron chi connectivity index (χ2n) is 4.87. The van der Waals surface area contributed by atoms with E-state index < -0.39 is 20.9 Å². The molecule has 0 saturated carbocycles. The predicted molar refractivity (Wildman–Crippen MR) is 88.6 cm³/mol. The first kappa shape index (κ1) is 17.7. The number of nitrogens with two attached hydrogens (primary N) is 1. The topological polar surface area (TPSA) is 132 Å². The van der Waals surface area contributed by atoms with E-state index in [0.29, 0.717) is 5.56 Å². The molecule has 0 fully saturated rings. The van der Waals surface area contributed by atoms with Crippen molar-refractivity contribution in [2.75, 3.05) is 4.72 Å². The van der Waals surface area contributed by atoms with E-state index >= 15 is 0 Å². The molecule has 2 aromatic carbocycles. The molecule has 0 unspecified atom stereocenters. The van der Waals surface area contributed by atoms with Gasteiger partial charge in [-0.1, -0.05) is 17.7 Å². The van der Waals surface area contributed by atoms with Gasteiger partial charge in [0.2, 0.25) is 5.91 Å². The van der Waals surface area contributed by atoms with Crippen LogP contribution in [0.25, 0.3) is 0 Å². The molecule has 126 valence electrons. The molecule has 2 aromatic rings. The second-order valence-corrected chi connectivity index (χ2v) is 6.96. The molecule has 0 heterocycles. The molecule has 0 spiro atoms. The molecule has 0 aliphatic heterocycles. The summed E-state index contributed by atoms with van der Waals surface area (Å²) in [4.78, 5) is 21.2. The molecule has 0 bridgehead atoms. The van der Waals surface area contributed by atoms with Crippen molar-refractivity contribution in [3.8, 4) is 0 Å². The maximum absolute atomic E-state index is 12.4. The molecule has 0 saturated heterocycles. The summed E-state index contributed by atoms with van der Waals surface area (Å²) in [5, 5.41) is 11.0. The lowest BCUT2D eigenvalue weighted by Gasteiger charge is -2.11. The number of sulfonamides is 1. The number of halogens is 1. The van der Waals surface area contributed by atoms with E-state index in [0.717, 1.165) is 6.07 Å². The highest BCUT2D eigenvalue weighted by molar-refractivity contribution is 7.92. The normalized spacial score (nSPS) is 11.1. The second kappa shape index (κ2) is 6.46. The number of hydrogen-bond acceptors (Lipinski definition) is 5. The minimum Gasteiger partial charge on any atom is -0.366 e. The van der Waals surface area contributed by atoms with Crippen LogP contribution in [-0.4, -0.2) is 19.2 Å². The molecule has 10 heteroatoms. The quantitative estimate of drug-likeness (QED) is 0.617. The fraction of sp³-hybridized carbons (Fsp3) is 0.0714. The van der Waals surface area contributed by atoms with Crippen molar-refractivity contribution < 1.29 is 18.1 Å². The van der Waals surface area contributed by atoms with Crippen LogP contribution >= 0.6 is 11.6 Å². The zero-order chi connectivity index (χ0) is 18.1. The summed E-state index contributed by atoms with van der Waals surface area (Å²) in [6, 6.07) is 7.36. The first-order valence-electron chi connectivity index (χ1n) is 6.49. The Balaban J connectivity index is 2.46. The van der Waals surface area contributed by atoms with Crippen molar-refractivity contribution in [3.63, 3.8) is 0 Å². The molecule has 24 heavy (non-hydrogen) atoms. The van der Waals surface area contributed by atoms with Crippen LogP contribution in [0.15, 0.2) is 41.3 Å². The minimum absolute atomic E-state index is 0.0465. The Morgan fingerprint density at radius 3 is 2.50 bits per heavy atom. The van der Waals surface area contributed by atoms with Crippen LogP contribution < -0.4 is 10.5 Å². The number of amides is 1. The Labute approximate surface area is 142 Å². The van der Waals surface area contributed by atoms with Gasteiger partial charge in [0.25, 0.3) is 15.7 Å². The van der Waals surface area contributed by atoms with E-state index in [9.17, 15) is 23.3 Å². The fourth-order valence-electron chi connectivity index (χ4n) is 1.91. The minimum atomic E-state index is -4.14. The van der Waals surface area contributed by atoms with E-state index in [1.165, 1.54) is 37.3 Å². The van der Waals surface area contributed by atoms with Crippen molar-refractivity contribution in [2.24, 2.45) is 5.73 Å². The Morgan fingerprint density at radius 1 is 1.25 bits per heavy atom. The third-order valence-corrected chi connectivity index (χ3v) is 4.88. The average Bonchev–Trinajstić information content (AvgIpc) is 2.49. The first-order valence-corrected chi connectivity index (χ1v) is 8.35. The lowest BCUT2D eigenvalue weighted by Crippen LogP contribution is -2.15. The van der Waals surface area contributed by atoms with Gasteiger partial charge in [-0.05, 0) is 31.2 Å². The summed E-state index contributed by atoms with van der Waals surface area (Å²) in [7, 11) is -4.14. The number of hydrogen-bond donors (Lipinski definition) is 2. The van der Waals surface area contributed by atoms with Gasteiger partial charge in [0.05, 0.1) is 20.5 Å². The number of carbonyl (C=O) groups excluding carboxylic acids is 1. The number of rotatable bonds is 5. The van der Waals surface area contributed by atoms with Crippen molar-refractivity contribution >= 4 is 38.9 Å².